The SMILES string of the molecule is Cc1ccccc1-n1ccc([C@@H]2N(C)C(=O)c3ccccc3N2C)c1. The molecule has 2 aromatic carbocycles. The number of fused-ring (bicyclic) bond motifs is 1. The third-order valence-electron chi connectivity index (χ3n) is 4.98. The van der Waals surface area contributed by atoms with Gasteiger partial charge in [0.05, 0.1) is 11.3 Å². The van der Waals surface area contributed by atoms with E-state index in [0.717, 1.165) is 22.5 Å². The fraction of sp³-hybridized carbons (Fsp3) is 0.190. The first-order valence-electron chi connectivity index (χ1n) is 8.41. The number of carbonyl (C=O) groups excluding carboxylic acids is 1. The Bertz CT molecular complexity index is 944. The molecule has 4 heteroatoms. The van der Waals surface area contributed by atoms with Gasteiger partial charge in [0, 0.05) is 37.7 Å². The maximum absolute atomic E-state index is 12.8. The largest absolute Gasteiger partial charge is 0.350 e. The molecule has 0 bridgehead atoms. The van der Waals surface area contributed by atoms with Crippen LogP contribution in [0.1, 0.15) is 27.7 Å². The first-order valence-corrected chi connectivity index (χ1v) is 8.41. The van der Waals surface area contributed by atoms with Crippen LogP contribution in [0.25, 0.3) is 5.69 Å². The molecule has 1 aliphatic rings. The molecule has 1 atom stereocenters. The highest BCUT2D eigenvalue weighted by Crippen LogP contribution is 2.36. The van der Waals surface area contributed by atoms with Gasteiger partial charge in [-0.3, -0.25) is 4.79 Å². The summed E-state index contributed by atoms with van der Waals surface area (Å²) in [5, 5.41) is 0. The van der Waals surface area contributed by atoms with Gasteiger partial charge >= 0.3 is 0 Å². The Kier molecular flexibility index (Phi) is 3.61. The molecule has 1 amide bonds. The topological polar surface area (TPSA) is 28.5 Å². The van der Waals surface area contributed by atoms with Crippen molar-refractivity contribution in [3.05, 3.63) is 83.7 Å². The van der Waals surface area contributed by atoms with Crippen LogP contribution in [0, 0.1) is 6.92 Å². The van der Waals surface area contributed by atoms with Crippen molar-refractivity contribution in [2.75, 3.05) is 19.0 Å². The molecule has 25 heavy (non-hydrogen) atoms. The second kappa shape index (κ2) is 5.81. The summed E-state index contributed by atoms with van der Waals surface area (Å²) in [6, 6.07) is 18.2. The summed E-state index contributed by atoms with van der Waals surface area (Å²) in [7, 11) is 3.90. The molecule has 0 unspecified atom stereocenters. The standard InChI is InChI=1S/C21H21N3O/c1-15-8-4-6-10-18(15)24-13-12-16(14-24)20-22(2)19-11-7-5-9-17(19)21(25)23(20)3/h4-14,20H,1-3H3/t20-/m0/s1. The van der Waals surface area contributed by atoms with Gasteiger partial charge < -0.3 is 14.4 Å². The van der Waals surface area contributed by atoms with Gasteiger partial charge in [-0.05, 0) is 36.8 Å². The van der Waals surface area contributed by atoms with Crippen molar-refractivity contribution in [2.45, 2.75) is 13.1 Å². The van der Waals surface area contributed by atoms with E-state index in [1.54, 1.807) is 4.90 Å². The van der Waals surface area contributed by atoms with E-state index in [9.17, 15) is 4.79 Å². The van der Waals surface area contributed by atoms with Gasteiger partial charge in [-0.25, -0.2) is 0 Å². The Hall–Kier alpha value is -3.01. The van der Waals surface area contributed by atoms with E-state index < -0.39 is 0 Å². The average molecular weight is 331 g/mol. The third-order valence-corrected chi connectivity index (χ3v) is 4.98. The van der Waals surface area contributed by atoms with Crippen molar-refractivity contribution in [1.29, 1.82) is 0 Å². The molecule has 4 nitrogen and oxygen atoms in total. The summed E-state index contributed by atoms with van der Waals surface area (Å²) < 4.78 is 2.12. The number of anilines is 1. The first kappa shape index (κ1) is 15.5. The van der Waals surface area contributed by atoms with Gasteiger partial charge in [-0.1, -0.05) is 30.3 Å². The zero-order valence-corrected chi connectivity index (χ0v) is 14.7. The van der Waals surface area contributed by atoms with Crippen LogP contribution in [0.2, 0.25) is 0 Å². The fourth-order valence-electron chi connectivity index (χ4n) is 3.67. The zero-order chi connectivity index (χ0) is 17.6. The summed E-state index contributed by atoms with van der Waals surface area (Å²) in [6.45, 7) is 2.10. The predicted octanol–water partition coefficient (Wildman–Crippen LogP) is 4.01. The number of para-hydroxylation sites is 2. The quantitative estimate of drug-likeness (QED) is 0.710. The second-order valence-electron chi connectivity index (χ2n) is 6.56. The lowest BCUT2D eigenvalue weighted by Crippen LogP contribution is -2.45. The maximum Gasteiger partial charge on any atom is 0.257 e. The average Bonchev–Trinajstić information content (AvgIpc) is 3.10. The number of carbonyl (C=O) groups is 1. The van der Waals surface area contributed by atoms with Crippen LogP contribution in [0.5, 0.6) is 0 Å². The Morgan fingerprint density at radius 2 is 1.52 bits per heavy atom. The van der Waals surface area contributed by atoms with E-state index in [-0.39, 0.29) is 12.1 Å². The lowest BCUT2D eigenvalue weighted by Gasteiger charge is -2.41. The lowest BCUT2D eigenvalue weighted by molar-refractivity contribution is 0.0711. The van der Waals surface area contributed by atoms with Crippen LogP contribution in [-0.2, 0) is 0 Å². The molecule has 1 aromatic heterocycles. The van der Waals surface area contributed by atoms with Crippen LogP contribution in [0.3, 0.4) is 0 Å². The van der Waals surface area contributed by atoms with Gasteiger partial charge in [0.25, 0.3) is 5.91 Å². The van der Waals surface area contributed by atoms with Crippen LogP contribution >= 0.6 is 0 Å². The molecular weight excluding hydrogens is 310 g/mol. The molecule has 4 rings (SSSR count). The van der Waals surface area contributed by atoms with Crippen LogP contribution in [-0.4, -0.2) is 29.5 Å². The molecular formula is C21H21N3O. The smallest absolute Gasteiger partial charge is 0.257 e. The first-order chi connectivity index (χ1) is 12.1. The summed E-state index contributed by atoms with van der Waals surface area (Å²) >= 11 is 0. The molecule has 2 heterocycles. The molecule has 0 fully saturated rings. The van der Waals surface area contributed by atoms with Gasteiger partial charge in [0.2, 0.25) is 0 Å². The van der Waals surface area contributed by atoms with E-state index in [2.05, 4.69) is 47.0 Å². The van der Waals surface area contributed by atoms with Crippen molar-refractivity contribution in [3.8, 4) is 5.69 Å². The van der Waals surface area contributed by atoms with Crippen LogP contribution in [0.15, 0.2) is 67.0 Å². The summed E-state index contributed by atoms with van der Waals surface area (Å²) in [5.41, 5.74) is 5.19. The summed E-state index contributed by atoms with van der Waals surface area (Å²) in [5.74, 6) is 0.0577. The van der Waals surface area contributed by atoms with Gasteiger partial charge in [-0.2, -0.15) is 0 Å². The Labute approximate surface area is 147 Å². The van der Waals surface area contributed by atoms with Crippen molar-refractivity contribution >= 4 is 11.6 Å². The fourth-order valence-corrected chi connectivity index (χ4v) is 3.67. The maximum atomic E-state index is 12.8. The van der Waals surface area contributed by atoms with Crippen molar-refractivity contribution in [1.82, 2.24) is 9.47 Å². The highest BCUT2D eigenvalue weighted by atomic mass is 16.2. The molecule has 0 saturated heterocycles. The van der Waals surface area contributed by atoms with E-state index in [1.165, 1.54) is 5.56 Å². The molecule has 0 radical (unpaired) electrons. The molecule has 3 aromatic rings. The van der Waals surface area contributed by atoms with Crippen LogP contribution in [0.4, 0.5) is 5.69 Å². The number of hydrogen-bond acceptors (Lipinski definition) is 2. The van der Waals surface area contributed by atoms with E-state index in [4.69, 9.17) is 0 Å². The minimum absolute atomic E-state index is 0.0577. The zero-order valence-electron chi connectivity index (χ0n) is 14.7. The molecule has 0 saturated carbocycles. The molecule has 1 aliphatic heterocycles. The third kappa shape index (κ3) is 2.41. The van der Waals surface area contributed by atoms with E-state index in [1.807, 2.05) is 50.5 Å². The number of nitrogens with zero attached hydrogens (tertiary/aromatic N) is 3. The minimum Gasteiger partial charge on any atom is -0.350 e. The number of benzene rings is 2. The van der Waals surface area contributed by atoms with Crippen molar-refractivity contribution in [3.63, 3.8) is 0 Å². The van der Waals surface area contributed by atoms with E-state index in [0.29, 0.717) is 0 Å². The number of aryl methyl sites for hydroxylation is 1. The van der Waals surface area contributed by atoms with Crippen molar-refractivity contribution < 1.29 is 4.79 Å². The normalized spacial score (nSPS) is 16.9. The molecule has 0 N–H and O–H groups in total. The second-order valence-corrected chi connectivity index (χ2v) is 6.56. The lowest BCUT2D eigenvalue weighted by atomic mass is 10.0. The van der Waals surface area contributed by atoms with E-state index >= 15 is 0 Å². The van der Waals surface area contributed by atoms with Gasteiger partial charge in [-0.15, -0.1) is 0 Å². The molecule has 126 valence electrons. The van der Waals surface area contributed by atoms with Crippen LogP contribution < -0.4 is 4.90 Å². The summed E-state index contributed by atoms with van der Waals surface area (Å²) in [4.78, 5) is 16.7. The number of rotatable bonds is 2. The monoisotopic (exact) mass is 331 g/mol. The Morgan fingerprint density at radius 3 is 2.28 bits per heavy atom. The predicted molar refractivity (Wildman–Crippen MR) is 100 cm³/mol. The van der Waals surface area contributed by atoms with Crippen molar-refractivity contribution in [2.24, 2.45) is 0 Å². The number of aromatic nitrogens is 1. The number of amides is 1. The van der Waals surface area contributed by atoms with Gasteiger partial charge in [0.15, 0.2) is 0 Å². The Balaban J connectivity index is 1.76. The minimum atomic E-state index is -0.118. The Morgan fingerprint density at radius 1 is 0.840 bits per heavy atom. The van der Waals surface area contributed by atoms with Gasteiger partial charge in [0.1, 0.15) is 6.17 Å². The molecule has 0 spiro atoms. The highest BCUT2D eigenvalue weighted by molar-refractivity contribution is 6.01. The molecule has 0 aliphatic carbocycles. The summed E-state index contributed by atoms with van der Waals surface area (Å²) in [6.07, 6.45) is 4.05. The highest BCUT2D eigenvalue weighted by Gasteiger charge is 2.34. The number of hydrogen-bond donors (Lipinski definition) is 0.